The highest BCUT2D eigenvalue weighted by Gasteiger charge is 2.72. The second-order valence-electron chi connectivity index (χ2n) is 1.96. The average molecular weight is 250 g/mol. The SMILES string of the molecule is O=S(=O)(OF)C(F)(F)C(F)(F)C(F)F. The first kappa shape index (κ1) is 13.4. The van der Waals surface area contributed by atoms with Gasteiger partial charge < -0.3 is 0 Å². The standard InChI is InChI=1S/C3HF7O3S/c4-1(5)2(6,7)3(8,9)14(11,12)13-10/h1H. The molecule has 0 amide bonds. The highest BCUT2D eigenvalue weighted by atomic mass is 32.2. The third-order valence-electron chi connectivity index (χ3n) is 1.06. The van der Waals surface area contributed by atoms with Crippen LogP contribution in [0.5, 0.6) is 0 Å². The molecule has 0 radical (unpaired) electrons. The van der Waals surface area contributed by atoms with Crippen molar-refractivity contribution in [3.8, 4) is 0 Å². The minimum absolute atomic E-state index is 1.55. The molecule has 0 aromatic carbocycles. The molecule has 0 N–H and O–H groups in total. The van der Waals surface area contributed by atoms with Gasteiger partial charge >= 0.3 is 27.7 Å². The molecule has 14 heavy (non-hydrogen) atoms. The Kier molecular flexibility index (Phi) is 3.38. The number of hydrogen-bond acceptors (Lipinski definition) is 3. The molecule has 0 fully saturated rings. The van der Waals surface area contributed by atoms with Crippen LogP contribution in [0.4, 0.5) is 30.9 Å². The molecule has 0 saturated carbocycles. The molecule has 0 unspecified atom stereocenters. The summed E-state index contributed by atoms with van der Waals surface area (Å²) in [7, 11) is -6.73. The van der Waals surface area contributed by atoms with Gasteiger partial charge in [-0.3, -0.25) is 0 Å². The van der Waals surface area contributed by atoms with Crippen LogP contribution < -0.4 is 0 Å². The van der Waals surface area contributed by atoms with E-state index in [-0.39, 0.29) is 0 Å². The van der Waals surface area contributed by atoms with Crippen LogP contribution in [0.25, 0.3) is 0 Å². The summed E-state index contributed by atoms with van der Waals surface area (Å²) in [5.41, 5.74) is 0. The number of hydrogen-bond donors (Lipinski definition) is 0. The fourth-order valence-corrected chi connectivity index (χ4v) is 0.835. The molecule has 0 saturated heterocycles. The minimum Gasteiger partial charge on any atom is -0.203 e. The molecular formula is C3HF7O3S. The largest absolute Gasteiger partial charge is 0.440 e. The second-order valence-corrected chi connectivity index (χ2v) is 3.50. The Morgan fingerprint density at radius 3 is 1.64 bits per heavy atom. The highest BCUT2D eigenvalue weighted by molar-refractivity contribution is 7.87. The number of rotatable bonds is 4. The first-order valence-electron chi connectivity index (χ1n) is 2.59. The van der Waals surface area contributed by atoms with Crippen molar-refractivity contribution in [3.63, 3.8) is 0 Å². The lowest BCUT2D eigenvalue weighted by Crippen LogP contribution is -2.51. The predicted octanol–water partition coefficient (Wildman–Crippen LogP) is 1.71. The van der Waals surface area contributed by atoms with E-state index >= 15 is 0 Å². The van der Waals surface area contributed by atoms with Gasteiger partial charge in [-0.05, 0) is 4.53 Å². The Labute approximate surface area is 72.5 Å². The zero-order valence-corrected chi connectivity index (χ0v) is 6.67. The molecule has 0 heterocycles. The summed E-state index contributed by atoms with van der Waals surface area (Å²) >= 11 is 0. The van der Waals surface area contributed by atoms with Crippen molar-refractivity contribution in [2.75, 3.05) is 0 Å². The molecule has 0 aliphatic rings. The minimum atomic E-state index is -6.73. The van der Waals surface area contributed by atoms with Crippen molar-refractivity contribution in [3.05, 3.63) is 0 Å². The van der Waals surface area contributed by atoms with Crippen LogP contribution in [0.3, 0.4) is 0 Å². The van der Waals surface area contributed by atoms with Crippen LogP contribution >= 0.6 is 0 Å². The van der Waals surface area contributed by atoms with Crippen LogP contribution in [-0.4, -0.2) is 26.0 Å². The molecule has 0 aliphatic heterocycles. The molecule has 0 rings (SSSR count). The smallest absolute Gasteiger partial charge is 0.203 e. The first-order chi connectivity index (χ1) is 6.00. The normalized spacial score (nSPS) is 14.9. The van der Waals surface area contributed by atoms with Gasteiger partial charge in [0.25, 0.3) is 0 Å². The zero-order chi connectivity index (χ0) is 11.8. The van der Waals surface area contributed by atoms with Gasteiger partial charge in [0.1, 0.15) is 0 Å². The molecule has 11 heteroatoms. The van der Waals surface area contributed by atoms with Gasteiger partial charge in [-0.1, -0.05) is 4.39 Å². The van der Waals surface area contributed by atoms with E-state index in [4.69, 9.17) is 0 Å². The van der Waals surface area contributed by atoms with Crippen LogP contribution in [0.15, 0.2) is 0 Å². The Morgan fingerprint density at radius 1 is 1.07 bits per heavy atom. The van der Waals surface area contributed by atoms with Crippen LogP contribution in [-0.2, 0) is 14.5 Å². The maximum Gasteiger partial charge on any atom is 0.440 e. The van der Waals surface area contributed by atoms with Crippen molar-refractivity contribution in [2.45, 2.75) is 17.6 Å². The average Bonchev–Trinajstić information content (AvgIpc) is 2.03. The lowest BCUT2D eigenvalue weighted by molar-refractivity contribution is -0.231. The predicted molar refractivity (Wildman–Crippen MR) is 27.0 cm³/mol. The molecule has 0 spiro atoms. The molecular weight excluding hydrogens is 249 g/mol. The summed E-state index contributed by atoms with van der Waals surface area (Å²) in [5, 5.41) is -6.34. The molecule has 0 atom stereocenters. The Bertz CT molecular complexity index is 295. The number of halogens is 7. The molecule has 3 nitrogen and oxygen atoms in total. The fourth-order valence-electron chi connectivity index (χ4n) is 0.333. The summed E-state index contributed by atoms with van der Waals surface area (Å²) in [6.07, 6.45) is -4.98. The van der Waals surface area contributed by atoms with E-state index in [0.29, 0.717) is 0 Å². The van der Waals surface area contributed by atoms with Gasteiger partial charge in [-0.2, -0.15) is 26.0 Å². The van der Waals surface area contributed by atoms with Gasteiger partial charge in [-0.15, -0.1) is 0 Å². The third kappa shape index (κ3) is 1.78. The molecule has 0 aromatic heterocycles. The van der Waals surface area contributed by atoms with Crippen molar-refractivity contribution < 1.29 is 43.7 Å². The lowest BCUT2D eigenvalue weighted by atomic mass is 10.4. The van der Waals surface area contributed by atoms with E-state index in [0.717, 1.165) is 0 Å². The van der Waals surface area contributed by atoms with Crippen molar-refractivity contribution in [1.29, 1.82) is 0 Å². The Balaban J connectivity index is 5.37. The van der Waals surface area contributed by atoms with E-state index in [1.807, 2.05) is 0 Å². The van der Waals surface area contributed by atoms with E-state index in [2.05, 4.69) is 0 Å². The van der Waals surface area contributed by atoms with Crippen molar-refractivity contribution in [2.24, 2.45) is 0 Å². The van der Waals surface area contributed by atoms with Crippen LogP contribution in [0, 0.1) is 0 Å². The Hall–Kier alpha value is -0.580. The lowest BCUT2D eigenvalue weighted by Gasteiger charge is -2.22. The van der Waals surface area contributed by atoms with Crippen LogP contribution in [0.1, 0.15) is 0 Å². The van der Waals surface area contributed by atoms with Crippen LogP contribution in [0.2, 0.25) is 0 Å². The van der Waals surface area contributed by atoms with E-state index in [9.17, 15) is 39.3 Å². The summed E-state index contributed by atoms with van der Waals surface area (Å²) < 4.78 is 103. The Morgan fingerprint density at radius 2 is 1.43 bits per heavy atom. The van der Waals surface area contributed by atoms with E-state index in [1.165, 1.54) is 0 Å². The maximum atomic E-state index is 12.0. The highest BCUT2D eigenvalue weighted by Crippen LogP contribution is 2.43. The van der Waals surface area contributed by atoms with Gasteiger partial charge in [0.2, 0.25) is 0 Å². The molecule has 0 aromatic rings. The molecule has 0 bridgehead atoms. The van der Waals surface area contributed by atoms with Gasteiger partial charge in [0, 0.05) is 0 Å². The summed E-state index contributed by atoms with van der Waals surface area (Å²) in [4.78, 5) is 0. The van der Waals surface area contributed by atoms with Gasteiger partial charge in [-0.25, -0.2) is 8.78 Å². The quantitative estimate of drug-likeness (QED) is 0.713. The first-order valence-corrected chi connectivity index (χ1v) is 4.00. The monoisotopic (exact) mass is 250 g/mol. The van der Waals surface area contributed by atoms with E-state index in [1.54, 1.807) is 4.39 Å². The second kappa shape index (κ2) is 3.53. The molecule has 0 aliphatic carbocycles. The zero-order valence-electron chi connectivity index (χ0n) is 5.86. The fraction of sp³-hybridized carbons (Fsp3) is 1.00. The summed E-state index contributed by atoms with van der Waals surface area (Å²) in [5.74, 6) is -6.24. The van der Waals surface area contributed by atoms with Gasteiger partial charge in [0.05, 0.1) is 0 Å². The topological polar surface area (TPSA) is 43.4 Å². The van der Waals surface area contributed by atoms with E-state index < -0.39 is 27.7 Å². The van der Waals surface area contributed by atoms with Crippen molar-refractivity contribution >= 4 is 10.1 Å². The number of alkyl halides is 6. The van der Waals surface area contributed by atoms with Crippen molar-refractivity contribution in [1.82, 2.24) is 0 Å². The maximum absolute atomic E-state index is 12.0. The third-order valence-corrected chi connectivity index (χ3v) is 2.13. The summed E-state index contributed by atoms with van der Waals surface area (Å²) in [6, 6.07) is 0. The molecule has 86 valence electrons. The van der Waals surface area contributed by atoms with Gasteiger partial charge in [0.15, 0.2) is 0 Å². The summed E-state index contributed by atoms with van der Waals surface area (Å²) in [6.45, 7) is 0.